The smallest absolute Gasteiger partial charge is 0.398 e. The largest absolute Gasteiger partial charge is 0.418 e. The van der Waals surface area contributed by atoms with Crippen molar-refractivity contribution in [1.82, 2.24) is 0 Å². The molecule has 1 nitrogen and oxygen atoms in total. The molecule has 0 saturated carbocycles. The minimum Gasteiger partial charge on any atom is -0.398 e. The molecule has 2 rings (SSSR count). The number of alkyl halides is 6. The summed E-state index contributed by atoms with van der Waals surface area (Å²) in [5.41, 5.74) is 0.688. The highest BCUT2D eigenvalue weighted by molar-refractivity contribution is 5.57. The molecular formula is C15H11F6N. The number of anilines is 1. The second kappa shape index (κ2) is 5.55. The molecule has 0 aliphatic heterocycles. The van der Waals surface area contributed by atoms with Crippen LogP contribution in [-0.2, 0) is 18.8 Å². The zero-order valence-corrected chi connectivity index (χ0v) is 11.1. The summed E-state index contributed by atoms with van der Waals surface area (Å²) in [5, 5.41) is 0. The van der Waals surface area contributed by atoms with Gasteiger partial charge in [0.1, 0.15) is 0 Å². The molecule has 0 amide bonds. The molecule has 0 heterocycles. The zero-order valence-electron chi connectivity index (χ0n) is 11.1. The highest BCUT2D eigenvalue weighted by Gasteiger charge is 2.46. The summed E-state index contributed by atoms with van der Waals surface area (Å²) in [6, 6.07) is 9.80. The molecule has 0 spiro atoms. The van der Waals surface area contributed by atoms with Gasteiger partial charge in [-0.2, -0.15) is 26.3 Å². The minimum absolute atomic E-state index is 0.265. The van der Waals surface area contributed by atoms with Gasteiger partial charge >= 0.3 is 12.4 Å². The lowest BCUT2D eigenvalue weighted by Crippen LogP contribution is -2.21. The lowest BCUT2D eigenvalue weighted by atomic mass is 9.93. The monoisotopic (exact) mass is 319 g/mol. The van der Waals surface area contributed by atoms with Crippen LogP contribution in [0.25, 0.3) is 0 Å². The zero-order chi connectivity index (χ0) is 16.5. The summed E-state index contributed by atoms with van der Waals surface area (Å²) in [6.45, 7) is 0. The van der Waals surface area contributed by atoms with E-state index in [1.54, 1.807) is 30.3 Å². The summed E-state index contributed by atoms with van der Waals surface area (Å²) >= 11 is 0. The first-order valence-corrected chi connectivity index (χ1v) is 6.20. The molecule has 2 aromatic carbocycles. The van der Waals surface area contributed by atoms with Crippen LogP contribution in [0.15, 0.2) is 42.5 Å². The molecule has 0 unspecified atom stereocenters. The van der Waals surface area contributed by atoms with E-state index in [4.69, 9.17) is 5.73 Å². The Morgan fingerprint density at radius 1 is 0.727 bits per heavy atom. The maximum Gasteiger partial charge on any atom is 0.418 e. The van der Waals surface area contributed by atoms with Gasteiger partial charge in [-0.3, -0.25) is 0 Å². The van der Waals surface area contributed by atoms with E-state index in [1.165, 1.54) is 0 Å². The van der Waals surface area contributed by atoms with Crippen molar-refractivity contribution in [2.24, 2.45) is 0 Å². The highest BCUT2D eigenvalue weighted by atomic mass is 19.4. The quantitative estimate of drug-likeness (QED) is 0.618. The van der Waals surface area contributed by atoms with Crippen LogP contribution in [0, 0.1) is 0 Å². The number of halogens is 6. The first-order valence-electron chi connectivity index (χ1n) is 6.20. The van der Waals surface area contributed by atoms with E-state index >= 15 is 0 Å². The van der Waals surface area contributed by atoms with Crippen LogP contribution in [-0.4, -0.2) is 0 Å². The average Bonchev–Trinajstić information content (AvgIpc) is 2.39. The summed E-state index contributed by atoms with van der Waals surface area (Å²) in [5.74, 6) is 0. The predicted molar refractivity (Wildman–Crippen MR) is 70.1 cm³/mol. The fourth-order valence-corrected chi connectivity index (χ4v) is 2.25. The first-order chi connectivity index (χ1) is 10.1. The van der Waals surface area contributed by atoms with Crippen molar-refractivity contribution in [3.8, 4) is 0 Å². The van der Waals surface area contributed by atoms with Gasteiger partial charge < -0.3 is 5.73 Å². The van der Waals surface area contributed by atoms with Crippen LogP contribution in [0.5, 0.6) is 0 Å². The van der Waals surface area contributed by atoms with Gasteiger partial charge in [0.15, 0.2) is 0 Å². The number of rotatable bonds is 2. The van der Waals surface area contributed by atoms with Gasteiger partial charge in [-0.25, -0.2) is 0 Å². The minimum atomic E-state index is -5.18. The van der Waals surface area contributed by atoms with Crippen molar-refractivity contribution in [3.05, 3.63) is 64.7 Å². The SMILES string of the molecule is Nc1ccc(Cc2ccccc2)c(C(F)(F)F)c1C(F)(F)F. The van der Waals surface area contributed by atoms with Crippen molar-refractivity contribution in [1.29, 1.82) is 0 Å². The van der Waals surface area contributed by atoms with Crippen LogP contribution in [0.4, 0.5) is 32.0 Å². The van der Waals surface area contributed by atoms with Crippen LogP contribution in [0.2, 0.25) is 0 Å². The Labute approximate surface area is 122 Å². The molecule has 0 fully saturated rings. The molecule has 0 aliphatic carbocycles. The summed E-state index contributed by atoms with van der Waals surface area (Å²) < 4.78 is 78.4. The summed E-state index contributed by atoms with van der Waals surface area (Å²) in [7, 11) is 0. The maximum absolute atomic E-state index is 13.2. The van der Waals surface area contributed by atoms with E-state index in [2.05, 4.69) is 0 Å². The molecule has 2 aromatic rings. The Morgan fingerprint density at radius 2 is 1.27 bits per heavy atom. The van der Waals surface area contributed by atoms with Gasteiger partial charge in [0.2, 0.25) is 0 Å². The number of nitrogen functional groups attached to an aromatic ring is 1. The number of hydrogen-bond donors (Lipinski definition) is 1. The van der Waals surface area contributed by atoms with Crippen LogP contribution < -0.4 is 5.73 Å². The topological polar surface area (TPSA) is 26.0 Å². The van der Waals surface area contributed by atoms with E-state index in [9.17, 15) is 26.3 Å². The van der Waals surface area contributed by atoms with Gasteiger partial charge in [0.05, 0.1) is 11.1 Å². The van der Waals surface area contributed by atoms with Gasteiger partial charge in [-0.15, -0.1) is 0 Å². The first kappa shape index (κ1) is 16.2. The molecule has 0 atom stereocenters. The molecule has 118 valence electrons. The number of nitrogens with two attached hydrogens (primary N) is 1. The lowest BCUT2D eigenvalue weighted by molar-refractivity contribution is -0.162. The molecule has 0 aliphatic rings. The van der Waals surface area contributed by atoms with Crippen molar-refractivity contribution >= 4 is 5.69 Å². The third-order valence-electron chi connectivity index (χ3n) is 3.13. The predicted octanol–water partition coefficient (Wildman–Crippen LogP) is 4.90. The highest BCUT2D eigenvalue weighted by Crippen LogP contribution is 2.45. The van der Waals surface area contributed by atoms with Crippen LogP contribution in [0.1, 0.15) is 22.3 Å². The van der Waals surface area contributed by atoms with E-state index in [0.717, 1.165) is 12.1 Å². The van der Waals surface area contributed by atoms with Crippen molar-refractivity contribution in [2.75, 3.05) is 5.73 Å². The number of benzene rings is 2. The standard InChI is InChI=1S/C15H11F6N/c16-14(17,18)12-10(8-9-4-2-1-3-5-9)6-7-11(22)13(12)15(19,20)21/h1-7H,8,22H2. The van der Waals surface area contributed by atoms with Gasteiger partial charge in [0.25, 0.3) is 0 Å². The Kier molecular flexibility index (Phi) is 4.08. The van der Waals surface area contributed by atoms with E-state index in [0.29, 0.717) is 5.56 Å². The fraction of sp³-hybridized carbons (Fsp3) is 0.200. The average molecular weight is 319 g/mol. The molecule has 7 heteroatoms. The Hall–Kier alpha value is -2.18. The normalized spacial score (nSPS) is 12.5. The Morgan fingerprint density at radius 3 is 1.77 bits per heavy atom. The Balaban J connectivity index is 2.65. The van der Waals surface area contributed by atoms with E-state index in [1.807, 2.05) is 0 Å². The van der Waals surface area contributed by atoms with Crippen molar-refractivity contribution < 1.29 is 26.3 Å². The van der Waals surface area contributed by atoms with Crippen LogP contribution >= 0.6 is 0 Å². The van der Waals surface area contributed by atoms with Crippen molar-refractivity contribution in [3.63, 3.8) is 0 Å². The molecular weight excluding hydrogens is 308 g/mol. The van der Waals surface area contributed by atoms with Gasteiger partial charge in [-0.1, -0.05) is 36.4 Å². The summed E-state index contributed by atoms with van der Waals surface area (Å²) in [6.07, 6.45) is -10.6. The molecule has 0 saturated heterocycles. The second-order valence-electron chi connectivity index (χ2n) is 4.72. The van der Waals surface area contributed by atoms with Crippen molar-refractivity contribution in [2.45, 2.75) is 18.8 Å². The van der Waals surface area contributed by atoms with Crippen LogP contribution in [0.3, 0.4) is 0 Å². The molecule has 0 aromatic heterocycles. The Bertz CT molecular complexity index is 658. The second-order valence-corrected chi connectivity index (χ2v) is 4.72. The maximum atomic E-state index is 13.2. The molecule has 0 bridgehead atoms. The molecule has 0 radical (unpaired) electrons. The number of hydrogen-bond acceptors (Lipinski definition) is 1. The fourth-order valence-electron chi connectivity index (χ4n) is 2.25. The van der Waals surface area contributed by atoms with E-state index < -0.39 is 34.7 Å². The van der Waals surface area contributed by atoms with Gasteiger partial charge in [-0.05, 0) is 23.6 Å². The molecule has 2 N–H and O–H groups in total. The lowest BCUT2D eigenvalue weighted by Gasteiger charge is -2.21. The van der Waals surface area contributed by atoms with E-state index in [-0.39, 0.29) is 6.42 Å². The van der Waals surface area contributed by atoms with Gasteiger partial charge in [0, 0.05) is 5.69 Å². The summed E-state index contributed by atoms with van der Waals surface area (Å²) in [4.78, 5) is 0. The third kappa shape index (κ3) is 3.35. The third-order valence-corrected chi connectivity index (χ3v) is 3.13. The molecule has 22 heavy (non-hydrogen) atoms.